The summed E-state index contributed by atoms with van der Waals surface area (Å²) < 4.78 is 5.96. The van der Waals surface area contributed by atoms with E-state index in [1.807, 2.05) is 47.4 Å². The molecule has 0 aliphatic carbocycles. The molecule has 1 amide bonds. The van der Waals surface area contributed by atoms with Crippen molar-refractivity contribution in [2.45, 2.75) is 39.3 Å². The average molecular weight is 419 g/mol. The molecule has 3 aromatic rings. The minimum absolute atomic E-state index is 0.137. The molecule has 4 rings (SSSR count). The molecule has 1 aliphatic heterocycles. The van der Waals surface area contributed by atoms with Gasteiger partial charge in [-0.3, -0.25) is 9.79 Å². The molecule has 6 heteroatoms. The monoisotopic (exact) mass is 418 g/mol. The average Bonchev–Trinajstić information content (AvgIpc) is 3.15. The standard InChI is InChI=1S/C25H30N4O2/c1-18-21-8-4-5-9-22(21)31-23(18)17-28-25(26-2)27-16-19-10-12-20(13-11-19)24(30)29-14-6-3-7-15-29/h4-5,8-13H,3,6-7,14-17H2,1-2H3,(H2,26,27,28). The number of guanidine groups is 1. The highest BCUT2D eigenvalue weighted by atomic mass is 16.3. The summed E-state index contributed by atoms with van der Waals surface area (Å²) in [7, 11) is 1.75. The number of fused-ring (bicyclic) bond motifs is 1. The smallest absolute Gasteiger partial charge is 0.253 e. The van der Waals surface area contributed by atoms with E-state index in [0.717, 1.165) is 59.4 Å². The third-order valence-corrected chi connectivity index (χ3v) is 5.89. The van der Waals surface area contributed by atoms with Gasteiger partial charge in [0.25, 0.3) is 5.91 Å². The fraction of sp³-hybridized carbons (Fsp3) is 0.360. The summed E-state index contributed by atoms with van der Waals surface area (Å²) in [6.45, 7) is 5.00. The van der Waals surface area contributed by atoms with Crippen LogP contribution in [0.4, 0.5) is 0 Å². The number of nitrogens with zero attached hydrogens (tertiary/aromatic N) is 2. The molecule has 0 radical (unpaired) electrons. The first-order valence-electron chi connectivity index (χ1n) is 11.0. The topological polar surface area (TPSA) is 69.9 Å². The van der Waals surface area contributed by atoms with Gasteiger partial charge in [0, 0.05) is 43.2 Å². The maximum Gasteiger partial charge on any atom is 0.253 e. The third-order valence-electron chi connectivity index (χ3n) is 5.89. The molecule has 6 nitrogen and oxygen atoms in total. The van der Waals surface area contributed by atoms with Gasteiger partial charge in [-0.15, -0.1) is 0 Å². The second-order valence-corrected chi connectivity index (χ2v) is 7.98. The minimum Gasteiger partial charge on any atom is -0.459 e. The zero-order valence-electron chi connectivity index (χ0n) is 18.3. The molecule has 2 aromatic carbocycles. The van der Waals surface area contributed by atoms with Crippen LogP contribution < -0.4 is 10.6 Å². The summed E-state index contributed by atoms with van der Waals surface area (Å²) in [4.78, 5) is 18.9. The summed E-state index contributed by atoms with van der Waals surface area (Å²) in [6.07, 6.45) is 3.43. The number of piperidine rings is 1. The molecule has 0 unspecified atom stereocenters. The molecule has 2 N–H and O–H groups in total. The SMILES string of the molecule is CN=C(NCc1ccc(C(=O)N2CCCCC2)cc1)NCc1oc2ccccc2c1C. The molecule has 1 aromatic heterocycles. The van der Waals surface area contributed by atoms with Crippen LogP contribution in [0.1, 0.15) is 46.5 Å². The van der Waals surface area contributed by atoms with Crippen LogP contribution >= 0.6 is 0 Å². The molecule has 1 aliphatic rings. The van der Waals surface area contributed by atoms with E-state index in [1.54, 1.807) is 7.05 Å². The van der Waals surface area contributed by atoms with Crippen molar-refractivity contribution < 1.29 is 9.21 Å². The number of hydrogen-bond donors (Lipinski definition) is 2. The Balaban J connectivity index is 1.31. The summed E-state index contributed by atoms with van der Waals surface area (Å²) in [6, 6.07) is 15.9. The molecule has 1 fully saturated rings. The van der Waals surface area contributed by atoms with E-state index in [4.69, 9.17) is 4.42 Å². The van der Waals surface area contributed by atoms with Crippen molar-refractivity contribution in [3.8, 4) is 0 Å². The number of likely N-dealkylation sites (tertiary alicyclic amines) is 1. The van der Waals surface area contributed by atoms with Crippen molar-refractivity contribution in [2.24, 2.45) is 4.99 Å². The Morgan fingerprint density at radius 3 is 2.42 bits per heavy atom. The van der Waals surface area contributed by atoms with Crippen molar-refractivity contribution in [1.82, 2.24) is 15.5 Å². The van der Waals surface area contributed by atoms with Crippen molar-refractivity contribution in [3.63, 3.8) is 0 Å². The normalized spacial score (nSPS) is 14.6. The molecular formula is C25H30N4O2. The number of carbonyl (C=O) groups excluding carboxylic acids is 1. The van der Waals surface area contributed by atoms with Gasteiger partial charge in [0.05, 0.1) is 6.54 Å². The van der Waals surface area contributed by atoms with Crippen LogP contribution in [0.2, 0.25) is 0 Å². The second-order valence-electron chi connectivity index (χ2n) is 7.98. The van der Waals surface area contributed by atoms with Crippen LogP contribution in [-0.4, -0.2) is 36.9 Å². The van der Waals surface area contributed by atoms with Gasteiger partial charge in [0.15, 0.2) is 5.96 Å². The van der Waals surface area contributed by atoms with Crippen LogP contribution in [0, 0.1) is 6.92 Å². The van der Waals surface area contributed by atoms with Gasteiger partial charge in [-0.2, -0.15) is 0 Å². The zero-order valence-corrected chi connectivity index (χ0v) is 18.3. The lowest BCUT2D eigenvalue weighted by Gasteiger charge is -2.26. The van der Waals surface area contributed by atoms with Crippen molar-refractivity contribution in [2.75, 3.05) is 20.1 Å². The Bertz CT molecular complexity index is 1060. The van der Waals surface area contributed by atoms with Gasteiger partial charge >= 0.3 is 0 Å². The van der Waals surface area contributed by atoms with E-state index in [2.05, 4.69) is 28.6 Å². The maximum absolute atomic E-state index is 12.6. The predicted octanol–water partition coefficient (Wildman–Crippen LogP) is 4.23. The molecule has 0 saturated carbocycles. The van der Waals surface area contributed by atoms with E-state index >= 15 is 0 Å². The lowest BCUT2D eigenvalue weighted by Crippen LogP contribution is -2.36. The van der Waals surface area contributed by atoms with Gasteiger partial charge < -0.3 is 20.0 Å². The number of carbonyl (C=O) groups is 1. The zero-order chi connectivity index (χ0) is 21.6. The first kappa shape index (κ1) is 21.0. The molecular weight excluding hydrogens is 388 g/mol. The fourth-order valence-electron chi connectivity index (χ4n) is 4.01. The number of rotatable bonds is 5. The van der Waals surface area contributed by atoms with Gasteiger partial charge in [0.2, 0.25) is 0 Å². The lowest BCUT2D eigenvalue weighted by atomic mass is 10.1. The predicted molar refractivity (Wildman–Crippen MR) is 124 cm³/mol. The summed E-state index contributed by atoms with van der Waals surface area (Å²) in [5.41, 5.74) is 3.90. The van der Waals surface area contributed by atoms with Crippen LogP contribution in [0.5, 0.6) is 0 Å². The number of nitrogens with one attached hydrogen (secondary N) is 2. The van der Waals surface area contributed by atoms with E-state index in [1.165, 1.54) is 6.42 Å². The Morgan fingerprint density at radius 1 is 1.00 bits per heavy atom. The Labute approximate surface area is 183 Å². The molecule has 31 heavy (non-hydrogen) atoms. The van der Waals surface area contributed by atoms with E-state index in [0.29, 0.717) is 19.0 Å². The van der Waals surface area contributed by atoms with Crippen molar-refractivity contribution >= 4 is 22.8 Å². The van der Waals surface area contributed by atoms with Crippen LogP contribution in [0.25, 0.3) is 11.0 Å². The number of para-hydroxylation sites is 1. The molecule has 0 bridgehead atoms. The second kappa shape index (κ2) is 9.69. The molecule has 0 atom stereocenters. The molecule has 1 saturated heterocycles. The first-order chi connectivity index (χ1) is 15.2. The Kier molecular flexibility index (Phi) is 6.55. The van der Waals surface area contributed by atoms with E-state index < -0.39 is 0 Å². The molecule has 0 spiro atoms. The number of benzene rings is 2. The molecule has 2 heterocycles. The number of aliphatic imine (C=N–C) groups is 1. The number of furan rings is 1. The number of aryl methyl sites for hydroxylation is 1. The summed E-state index contributed by atoms with van der Waals surface area (Å²) >= 11 is 0. The van der Waals surface area contributed by atoms with Gasteiger partial charge in [-0.25, -0.2) is 0 Å². The van der Waals surface area contributed by atoms with Crippen LogP contribution in [0.15, 0.2) is 57.9 Å². The quantitative estimate of drug-likeness (QED) is 0.480. The maximum atomic E-state index is 12.6. The van der Waals surface area contributed by atoms with Gasteiger partial charge in [-0.05, 0) is 49.9 Å². The molecule has 162 valence electrons. The highest BCUT2D eigenvalue weighted by Crippen LogP contribution is 2.24. The number of hydrogen-bond acceptors (Lipinski definition) is 3. The Hall–Kier alpha value is -3.28. The minimum atomic E-state index is 0.137. The first-order valence-corrected chi connectivity index (χ1v) is 11.0. The number of amides is 1. The van der Waals surface area contributed by atoms with E-state index in [9.17, 15) is 4.79 Å². The summed E-state index contributed by atoms with van der Waals surface area (Å²) in [5.74, 6) is 1.75. The van der Waals surface area contributed by atoms with Crippen LogP contribution in [-0.2, 0) is 13.1 Å². The largest absolute Gasteiger partial charge is 0.459 e. The Morgan fingerprint density at radius 2 is 1.71 bits per heavy atom. The fourth-order valence-corrected chi connectivity index (χ4v) is 4.01. The summed E-state index contributed by atoms with van der Waals surface area (Å²) in [5, 5.41) is 7.78. The van der Waals surface area contributed by atoms with Gasteiger partial charge in [0.1, 0.15) is 11.3 Å². The highest BCUT2D eigenvalue weighted by molar-refractivity contribution is 5.94. The van der Waals surface area contributed by atoms with Crippen molar-refractivity contribution in [1.29, 1.82) is 0 Å². The van der Waals surface area contributed by atoms with Gasteiger partial charge in [-0.1, -0.05) is 30.3 Å². The third kappa shape index (κ3) is 4.90. The van der Waals surface area contributed by atoms with E-state index in [-0.39, 0.29) is 5.91 Å². The highest BCUT2D eigenvalue weighted by Gasteiger charge is 2.18. The lowest BCUT2D eigenvalue weighted by molar-refractivity contribution is 0.0724. The van der Waals surface area contributed by atoms with Crippen LogP contribution in [0.3, 0.4) is 0 Å². The van der Waals surface area contributed by atoms with Crippen molar-refractivity contribution in [3.05, 3.63) is 71.0 Å².